The minimum Gasteiger partial charge on any atom is -0.493 e. The van der Waals surface area contributed by atoms with Gasteiger partial charge in [-0.25, -0.2) is 9.59 Å². The number of hydrogen-bond acceptors (Lipinski definition) is 5. The molecule has 3 amide bonds. The molecule has 1 fully saturated rings. The molecule has 0 bridgehead atoms. The second-order valence-electron chi connectivity index (χ2n) is 9.83. The molecule has 3 N–H and O–H groups in total. The van der Waals surface area contributed by atoms with E-state index >= 15 is 0 Å². The standard InChI is InChI=1S/C30H31N3O6/c34-28-27-16-25(11-8-22(27)17-31-28)38-19-23-12-14-33(30(36)37)15-13-26(23)21-6-9-24(10-7-21)32-29(35)39-18-20-4-2-1-3-5-20/h1-11,16,23,26H,12-15,17-19H2,(H,31,34)(H,32,35)(H,36,37)/t23-,26-/m1/s1. The van der Waals surface area contributed by atoms with E-state index in [0.717, 1.165) is 16.7 Å². The number of amides is 3. The lowest BCUT2D eigenvalue weighted by Gasteiger charge is -2.25. The van der Waals surface area contributed by atoms with Gasteiger partial charge in [0.05, 0.1) is 6.61 Å². The van der Waals surface area contributed by atoms with Crippen molar-refractivity contribution in [1.82, 2.24) is 10.2 Å². The number of likely N-dealkylation sites (tertiary alicyclic amines) is 1. The van der Waals surface area contributed by atoms with E-state index in [9.17, 15) is 19.5 Å². The van der Waals surface area contributed by atoms with E-state index in [2.05, 4.69) is 10.6 Å². The Morgan fingerprint density at radius 1 is 1.00 bits per heavy atom. The molecule has 0 aromatic heterocycles. The van der Waals surface area contributed by atoms with E-state index in [1.807, 2.05) is 66.7 Å². The molecule has 9 heteroatoms. The van der Waals surface area contributed by atoms with Crippen molar-refractivity contribution in [2.45, 2.75) is 31.9 Å². The van der Waals surface area contributed by atoms with Gasteiger partial charge < -0.3 is 24.8 Å². The van der Waals surface area contributed by atoms with Crippen LogP contribution < -0.4 is 15.4 Å². The lowest BCUT2D eigenvalue weighted by atomic mass is 9.83. The van der Waals surface area contributed by atoms with Gasteiger partial charge in [-0.15, -0.1) is 0 Å². The highest BCUT2D eigenvalue weighted by Gasteiger charge is 2.30. The van der Waals surface area contributed by atoms with Crippen LogP contribution in [0.1, 0.15) is 45.8 Å². The largest absolute Gasteiger partial charge is 0.493 e. The lowest BCUT2D eigenvalue weighted by Crippen LogP contribution is -2.30. The Hall–Kier alpha value is -4.53. The summed E-state index contributed by atoms with van der Waals surface area (Å²) in [7, 11) is 0. The Balaban J connectivity index is 1.24. The molecular formula is C30H31N3O6. The summed E-state index contributed by atoms with van der Waals surface area (Å²) in [5.74, 6) is 0.646. The van der Waals surface area contributed by atoms with Crippen LogP contribution in [0, 0.1) is 5.92 Å². The summed E-state index contributed by atoms with van der Waals surface area (Å²) in [6, 6.07) is 22.6. The Kier molecular flexibility index (Phi) is 7.96. The molecule has 1 saturated heterocycles. The molecule has 202 valence electrons. The fourth-order valence-corrected chi connectivity index (χ4v) is 5.17. The average Bonchev–Trinajstić information content (AvgIpc) is 3.18. The highest BCUT2D eigenvalue weighted by molar-refractivity contribution is 5.98. The molecule has 2 aliphatic rings. The minimum absolute atomic E-state index is 0.0612. The molecule has 9 nitrogen and oxygen atoms in total. The maximum absolute atomic E-state index is 12.2. The third kappa shape index (κ3) is 6.49. The van der Waals surface area contributed by atoms with Crippen LogP contribution in [0.15, 0.2) is 72.8 Å². The van der Waals surface area contributed by atoms with Gasteiger partial charge in [0.1, 0.15) is 12.4 Å². The van der Waals surface area contributed by atoms with Crippen molar-refractivity contribution < 1.29 is 29.0 Å². The topological polar surface area (TPSA) is 117 Å². The number of nitrogens with one attached hydrogen (secondary N) is 2. The van der Waals surface area contributed by atoms with Crippen molar-refractivity contribution in [3.63, 3.8) is 0 Å². The van der Waals surface area contributed by atoms with Gasteiger partial charge in [-0.2, -0.15) is 0 Å². The monoisotopic (exact) mass is 529 g/mol. The van der Waals surface area contributed by atoms with E-state index in [1.54, 1.807) is 6.07 Å². The van der Waals surface area contributed by atoms with Crippen LogP contribution in [0.3, 0.4) is 0 Å². The lowest BCUT2D eigenvalue weighted by molar-refractivity contribution is 0.0965. The fourth-order valence-electron chi connectivity index (χ4n) is 5.17. The zero-order valence-corrected chi connectivity index (χ0v) is 21.5. The first-order valence-electron chi connectivity index (χ1n) is 13.1. The quantitative estimate of drug-likeness (QED) is 0.386. The zero-order chi connectivity index (χ0) is 27.2. The van der Waals surface area contributed by atoms with Crippen molar-refractivity contribution in [1.29, 1.82) is 0 Å². The first-order chi connectivity index (χ1) is 19.0. The van der Waals surface area contributed by atoms with Crippen LogP contribution in [-0.4, -0.2) is 47.8 Å². The normalized spacial score (nSPS) is 18.5. The van der Waals surface area contributed by atoms with Crippen molar-refractivity contribution in [2.24, 2.45) is 5.92 Å². The molecule has 2 atom stereocenters. The molecule has 0 aliphatic carbocycles. The van der Waals surface area contributed by atoms with Crippen molar-refractivity contribution in [3.8, 4) is 5.75 Å². The minimum atomic E-state index is -0.923. The predicted octanol–water partition coefficient (Wildman–Crippen LogP) is 5.23. The molecule has 5 rings (SSSR count). The number of rotatable bonds is 7. The summed E-state index contributed by atoms with van der Waals surface area (Å²) in [6.45, 7) is 1.97. The summed E-state index contributed by atoms with van der Waals surface area (Å²) in [5, 5.41) is 15.1. The molecule has 3 aromatic rings. The molecule has 0 spiro atoms. The first-order valence-corrected chi connectivity index (χ1v) is 13.1. The molecule has 3 aromatic carbocycles. The van der Waals surface area contributed by atoms with Gasteiger partial charge in [-0.3, -0.25) is 10.1 Å². The maximum Gasteiger partial charge on any atom is 0.411 e. The number of carbonyl (C=O) groups is 3. The van der Waals surface area contributed by atoms with Gasteiger partial charge in [0, 0.05) is 36.8 Å². The Labute approximate surface area is 226 Å². The number of nitrogens with zero attached hydrogens (tertiary/aromatic N) is 1. The molecule has 0 radical (unpaired) electrons. The van der Waals surface area contributed by atoms with Gasteiger partial charge in [-0.05, 0) is 59.7 Å². The van der Waals surface area contributed by atoms with Crippen LogP contribution in [0.5, 0.6) is 5.75 Å². The van der Waals surface area contributed by atoms with Crippen molar-refractivity contribution in [3.05, 3.63) is 95.1 Å². The second kappa shape index (κ2) is 11.9. The molecular weight excluding hydrogens is 498 g/mol. The third-order valence-electron chi connectivity index (χ3n) is 7.35. The predicted molar refractivity (Wildman–Crippen MR) is 145 cm³/mol. The van der Waals surface area contributed by atoms with Gasteiger partial charge in [-0.1, -0.05) is 48.5 Å². The summed E-state index contributed by atoms with van der Waals surface area (Å²) < 4.78 is 11.4. The number of benzene rings is 3. The van der Waals surface area contributed by atoms with Gasteiger partial charge in [0.15, 0.2) is 0 Å². The van der Waals surface area contributed by atoms with Gasteiger partial charge in [0.25, 0.3) is 5.91 Å². The van der Waals surface area contributed by atoms with E-state index in [0.29, 0.717) is 56.1 Å². The van der Waals surface area contributed by atoms with Crippen LogP contribution in [0.2, 0.25) is 0 Å². The number of carbonyl (C=O) groups excluding carboxylic acids is 2. The van der Waals surface area contributed by atoms with Crippen molar-refractivity contribution in [2.75, 3.05) is 25.0 Å². The average molecular weight is 530 g/mol. The Bertz CT molecular complexity index is 1330. The van der Waals surface area contributed by atoms with Crippen LogP contribution in [0.4, 0.5) is 15.3 Å². The van der Waals surface area contributed by atoms with E-state index in [1.165, 1.54) is 4.90 Å². The number of carboxylic acid groups (broad SMARTS) is 1. The summed E-state index contributed by atoms with van der Waals surface area (Å²) in [6.07, 6.45) is -0.159. The molecule has 0 saturated carbocycles. The highest BCUT2D eigenvalue weighted by atomic mass is 16.5. The number of ether oxygens (including phenoxy) is 2. The maximum atomic E-state index is 12.2. The number of fused-ring (bicyclic) bond motifs is 1. The molecule has 2 heterocycles. The fraction of sp³-hybridized carbons (Fsp3) is 0.300. The Morgan fingerprint density at radius 2 is 1.77 bits per heavy atom. The Morgan fingerprint density at radius 3 is 2.54 bits per heavy atom. The molecule has 39 heavy (non-hydrogen) atoms. The van der Waals surface area contributed by atoms with E-state index in [-0.39, 0.29) is 24.3 Å². The van der Waals surface area contributed by atoms with Crippen molar-refractivity contribution >= 4 is 23.8 Å². The number of hydrogen-bond donors (Lipinski definition) is 3. The molecule has 2 aliphatic heterocycles. The highest BCUT2D eigenvalue weighted by Crippen LogP contribution is 2.35. The second-order valence-corrected chi connectivity index (χ2v) is 9.83. The van der Waals surface area contributed by atoms with Gasteiger partial charge in [0.2, 0.25) is 0 Å². The smallest absolute Gasteiger partial charge is 0.411 e. The summed E-state index contributed by atoms with van der Waals surface area (Å²) >= 11 is 0. The van der Waals surface area contributed by atoms with Crippen LogP contribution in [0.25, 0.3) is 0 Å². The van der Waals surface area contributed by atoms with Crippen LogP contribution >= 0.6 is 0 Å². The zero-order valence-electron chi connectivity index (χ0n) is 21.5. The summed E-state index contributed by atoms with van der Waals surface area (Å²) in [4.78, 5) is 37.4. The first kappa shape index (κ1) is 26.1. The van der Waals surface area contributed by atoms with Crippen LogP contribution in [-0.2, 0) is 17.9 Å². The molecule has 0 unspecified atom stereocenters. The third-order valence-corrected chi connectivity index (χ3v) is 7.35. The SMILES string of the molecule is O=C(Nc1ccc([C@H]2CCN(C(=O)O)CC[C@@H]2COc2ccc3c(c2)C(=O)NC3)cc1)OCc1ccccc1. The number of anilines is 1. The van der Waals surface area contributed by atoms with E-state index in [4.69, 9.17) is 9.47 Å². The summed E-state index contributed by atoms with van der Waals surface area (Å²) in [5.41, 5.74) is 4.15. The van der Waals surface area contributed by atoms with Gasteiger partial charge >= 0.3 is 12.2 Å². The van der Waals surface area contributed by atoms with E-state index < -0.39 is 12.2 Å².